The molecule has 35 heavy (non-hydrogen) atoms. The van der Waals surface area contributed by atoms with E-state index in [1.165, 1.54) is 0 Å². The third kappa shape index (κ3) is 5.21. The van der Waals surface area contributed by atoms with E-state index in [1.54, 1.807) is 54.9 Å². The average molecular weight is 495 g/mol. The number of halogens is 2. The highest BCUT2D eigenvalue weighted by atomic mass is 35.5. The van der Waals surface area contributed by atoms with Gasteiger partial charge in [0.25, 0.3) is 0 Å². The van der Waals surface area contributed by atoms with E-state index in [2.05, 4.69) is 25.3 Å². The smallest absolute Gasteiger partial charge is 0.227 e. The fourth-order valence-electron chi connectivity index (χ4n) is 4.12. The molecular weight excluding hydrogens is 471 g/mol. The van der Waals surface area contributed by atoms with Crippen LogP contribution in [-0.2, 0) is 4.74 Å². The number of aromatic nitrogens is 5. The predicted molar refractivity (Wildman–Crippen MR) is 132 cm³/mol. The molecule has 1 aliphatic heterocycles. The lowest BCUT2D eigenvalue weighted by atomic mass is 10.1. The number of carbonyl (C=O) groups is 1. The van der Waals surface area contributed by atoms with Crippen LogP contribution in [0.2, 0.25) is 0 Å². The number of hydrogen-bond donors (Lipinski definition) is 1. The Morgan fingerprint density at radius 3 is 2.54 bits per heavy atom. The van der Waals surface area contributed by atoms with Gasteiger partial charge >= 0.3 is 0 Å². The zero-order valence-electron chi connectivity index (χ0n) is 19.0. The van der Waals surface area contributed by atoms with Crippen LogP contribution in [-0.4, -0.2) is 43.5 Å². The van der Waals surface area contributed by atoms with Gasteiger partial charge in [-0.1, -0.05) is 6.07 Å². The number of pyridine rings is 1. The molecule has 4 aromatic rings. The maximum absolute atomic E-state index is 14.8. The van der Waals surface area contributed by atoms with Crippen molar-refractivity contribution in [2.75, 3.05) is 18.5 Å². The molecule has 3 aromatic heterocycles. The molecule has 0 radical (unpaired) electrons. The zero-order valence-corrected chi connectivity index (χ0v) is 19.8. The van der Waals surface area contributed by atoms with E-state index >= 15 is 0 Å². The van der Waals surface area contributed by atoms with Crippen LogP contribution in [0.1, 0.15) is 40.8 Å². The number of anilines is 2. The first-order valence-electron chi connectivity index (χ1n) is 11.1. The first-order valence-corrected chi connectivity index (χ1v) is 11.1. The van der Waals surface area contributed by atoms with Crippen molar-refractivity contribution in [3.63, 3.8) is 0 Å². The molecule has 10 heteroatoms. The summed E-state index contributed by atoms with van der Waals surface area (Å²) >= 11 is 0. The van der Waals surface area contributed by atoms with Crippen molar-refractivity contribution < 1.29 is 13.9 Å². The van der Waals surface area contributed by atoms with Crippen LogP contribution in [0.25, 0.3) is 11.4 Å². The normalized spacial score (nSPS) is 13.8. The molecule has 5 rings (SSSR count). The molecule has 0 unspecified atom stereocenters. The van der Waals surface area contributed by atoms with Crippen molar-refractivity contribution in [3.05, 3.63) is 84.0 Å². The van der Waals surface area contributed by atoms with Gasteiger partial charge in [0, 0.05) is 36.7 Å². The van der Waals surface area contributed by atoms with Gasteiger partial charge < -0.3 is 14.6 Å². The molecule has 1 aromatic carbocycles. The number of ether oxygens (including phenoxy) is 1. The summed E-state index contributed by atoms with van der Waals surface area (Å²) in [7, 11) is 0. The van der Waals surface area contributed by atoms with Crippen molar-refractivity contribution in [1.82, 2.24) is 24.5 Å². The van der Waals surface area contributed by atoms with Crippen molar-refractivity contribution >= 4 is 29.8 Å². The van der Waals surface area contributed by atoms with Crippen molar-refractivity contribution in [2.45, 2.75) is 25.8 Å². The summed E-state index contributed by atoms with van der Waals surface area (Å²) in [4.78, 5) is 29.6. The van der Waals surface area contributed by atoms with E-state index in [4.69, 9.17) is 4.74 Å². The highest BCUT2D eigenvalue weighted by Gasteiger charge is 2.23. The highest BCUT2D eigenvalue weighted by Crippen LogP contribution is 2.31. The predicted octanol–water partition coefficient (Wildman–Crippen LogP) is 4.93. The summed E-state index contributed by atoms with van der Waals surface area (Å²) in [6, 6.07) is 12.3. The summed E-state index contributed by atoms with van der Waals surface area (Å²) in [5, 5.41) is 3.09. The van der Waals surface area contributed by atoms with E-state index in [0.29, 0.717) is 35.9 Å². The molecule has 0 atom stereocenters. The summed E-state index contributed by atoms with van der Waals surface area (Å²) in [6.45, 7) is 3.24. The van der Waals surface area contributed by atoms with Gasteiger partial charge in [-0.05, 0) is 56.2 Å². The Balaban J connectivity index is 0.00000289. The Morgan fingerprint density at radius 2 is 1.83 bits per heavy atom. The average Bonchev–Trinajstić information content (AvgIpc) is 3.27. The van der Waals surface area contributed by atoms with E-state index in [-0.39, 0.29) is 35.9 Å². The standard InChI is InChI=1S/C25H23FN6O2.ClH/c1-16-28-15-22(32(16)19-9-12-34-13-10-19)23-20(26)14-29-25(31-23)30-18-7-5-17(6-8-18)24(33)21-4-2-3-11-27-21;/h2-8,11,14-15,19H,9-10,12-13H2,1H3,(H,29,30,31);1H. The van der Waals surface area contributed by atoms with E-state index in [0.717, 1.165) is 24.9 Å². The molecule has 1 N–H and O–H groups in total. The Bertz CT molecular complexity index is 1310. The zero-order chi connectivity index (χ0) is 23.5. The Labute approximate surface area is 208 Å². The van der Waals surface area contributed by atoms with Gasteiger partial charge in [-0.25, -0.2) is 19.3 Å². The number of carbonyl (C=O) groups excluding carboxylic acids is 1. The van der Waals surface area contributed by atoms with Crippen molar-refractivity contribution in [2.24, 2.45) is 0 Å². The fourth-order valence-corrected chi connectivity index (χ4v) is 4.12. The van der Waals surface area contributed by atoms with Gasteiger partial charge in [0.2, 0.25) is 11.7 Å². The number of ketones is 1. The van der Waals surface area contributed by atoms with Crippen molar-refractivity contribution in [1.29, 1.82) is 0 Å². The van der Waals surface area contributed by atoms with Gasteiger partial charge in [0.05, 0.1) is 18.1 Å². The van der Waals surface area contributed by atoms with Gasteiger partial charge in [0.15, 0.2) is 5.82 Å². The van der Waals surface area contributed by atoms with E-state index in [1.807, 2.05) is 11.5 Å². The number of hydrogen-bond acceptors (Lipinski definition) is 7. The first-order chi connectivity index (χ1) is 16.6. The lowest BCUT2D eigenvalue weighted by molar-refractivity contribution is 0.0694. The summed E-state index contributed by atoms with van der Waals surface area (Å²) < 4.78 is 22.3. The minimum Gasteiger partial charge on any atom is -0.381 e. The topological polar surface area (TPSA) is 94.8 Å². The minimum absolute atomic E-state index is 0. The Kier molecular flexibility index (Phi) is 7.48. The van der Waals surface area contributed by atoms with Crippen LogP contribution < -0.4 is 5.32 Å². The maximum atomic E-state index is 14.8. The molecule has 8 nitrogen and oxygen atoms in total. The summed E-state index contributed by atoms with van der Waals surface area (Å²) in [6.07, 6.45) is 6.07. The van der Waals surface area contributed by atoms with E-state index in [9.17, 15) is 9.18 Å². The fraction of sp³-hybridized carbons (Fsp3) is 0.240. The second-order valence-corrected chi connectivity index (χ2v) is 8.04. The number of nitrogens with one attached hydrogen (secondary N) is 1. The van der Waals surface area contributed by atoms with Crippen LogP contribution in [0, 0.1) is 12.7 Å². The second-order valence-electron chi connectivity index (χ2n) is 8.04. The van der Waals surface area contributed by atoms with Gasteiger partial charge in [-0.2, -0.15) is 0 Å². The minimum atomic E-state index is -0.518. The summed E-state index contributed by atoms with van der Waals surface area (Å²) in [5.41, 5.74) is 2.37. The first kappa shape index (κ1) is 24.4. The van der Waals surface area contributed by atoms with Crippen molar-refractivity contribution in [3.8, 4) is 11.4 Å². The number of aryl methyl sites for hydroxylation is 1. The van der Waals surface area contributed by atoms with Crippen LogP contribution in [0.5, 0.6) is 0 Å². The SMILES string of the molecule is Cc1ncc(-c2nc(Nc3ccc(C(=O)c4ccccn4)cc3)ncc2F)n1C1CCOCC1.Cl. The maximum Gasteiger partial charge on any atom is 0.227 e. The number of nitrogens with zero attached hydrogens (tertiary/aromatic N) is 5. The molecule has 1 aliphatic rings. The van der Waals surface area contributed by atoms with Crippen LogP contribution >= 0.6 is 12.4 Å². The molecule has 4 heterocycles. The van der Waals surface area contributed by atoms with Gasteiger partial charge in [-0.3, -0.25) is 9.78 Å². The van der Waals surface area contributed by atoms with Gasteiger partial charge in [0.1, 0.15) is 17.2 Å². The molecule has 180 valence electrons. The molecule has 0 aliphatic carbocycles. The van der Waals surface area contributed by atoms with Crippen LogP contribution in [0.4, 0.5) is 16.0 Å². The highest BCUT2D eigenvalue weighted by molar-refractivity contribution is 6.07. The number of benzene rings is 1. The molecule has 1 fully saturated rings. The Morgan fingerprint density at radius 1 is 1.06 bits per heavy atom. The third-order valence-corrected chi connectivity index (χ3v) is 5.83. The molecular formula is C25H24ClFN6O2. The van der Waals surface area contributed by atoms with Crippen LogP contribution in [0.3, 0.4) is 0 Å². The Hall–Kier alpha value is -3.69. The van der Waals surface area contributed by atoms with Crippen LogP contribution in [0.15, 0.2) is 61.1 Å². The monoisotopic (exact) mass is 494 g/mol. The summed E-state index contributed by atoms with van der Waals surface area (Å²) in [5.74, 6) is 0.374. The van der Waals surface area contributed by atoms with E-state index < -0.39 is 5.82 Å². The molecule has 0 amide bonds. The molecule has 0 bridgehead atoms. The molecule has 0 saturated carbocycles. The third-order valence-electron chi connectivity index (χ3n) is 5.83. The lowest BCUT2D eigenvalue weighted by Crippen LogP contribution is -2.21. The number of imidazole rings is 1. The lowest BCUT2D eigenvalue weighted by Gasteiger charge is -2.26. The second kappa shape index (κ2) is 10.7. The molecule has 1 saturated heterocycles. The largest absolute Gasteiger partial charge is 0.381 e. The number of rotatable bonds is 6. The molecule has 0 spiro atoms. The quantitative estimate of drug-likeness (QED) is 0.380. The van der Waals surface area contributed by atoms with Gasteiger partial charge in [-0.15, -0.1) is 12.4 Å².